The lowest BCUT2D eigenvalue weighted by Crippen LogP contribution is -2.44. The molecule has 0 spiro atoms. The third kappa shape index (κ3) is 5.41. The van der Waals surface area contributed by atoms with Gasteiger partial charge in [0, 0.05) is 12.7 Å². The van der Waals surface area contributed by atoms with E-state index in [1.165, 1.54) is 7.11 Å². The quantitative estimate of drug-likeness (QED) is 0.791. The van der Waals surface area contributed by atoms with Crippen LogP contribution in [0.15, 0.2) is 18.2 Å². The fourth-order valence-corrected chi connectivity index (χ4v) is 1.83. The molecule has 2 unspecified atom stereocenters. The first-order valence-corrected chi connectivity index (χ1v) is 6.30. The van der Waals surface area contributed by atoms with Crippen LogP contribution < -0.4 is 20.5 Å². The van der Waals surface area contributed by atoms with Crippen molar-refractivity contribution in [2.45, 2.75) is 19.0 Å². The van der Waals surface area contributed by atoms with Gasteiger partial charge >= 0.3 is 0 Å². The molecule has 0 aliphatic heterocycles. The number of halogens is 1. The molecule has 6 nitrogen and oxygen atoms in total. The smallest absolute Gasteiger partial charge is 0.239 e. The van der Waals surface area contributed by atoms with Gasteiger partial charge in [0.1, 0.15) is 17.5 Å². The Labute approximate surface area is 131 Å². The lowest BCUT2D eigenvalue weighted by molar-refractivity contribution is -0.124. The Morgan fingerprint density at radius 2 is 1.95 bits per heavy atom. The van der Waals surface area contributed by atoms with Crippen LogP contribution in [0.5, 0.6) is 11.5 Å². The standard InChI is InChI=1S/C14H22N2O4.ClH/c1-9(16-14(17)12(15)8-18-2)11-7-10(19-3)5-6-13(11)20-4;/h5-7,9,12H,8,15H2,1-4H3,(H,16,17);1H. The summed E-state index contributed by atoms with van der Waals surface area (Å²) in [6.07, 6.45) is 0. The molecular weight excluding hydrogens is 296 g/mol. The molecule has 0 saturated heterocycles. The van der Waals surface area contributed by atoms with Gasteiger partial charge in [0.25, 0.3) is 0 Å². The zero-order valence-corrected chi connectivity index (χ0v) is 13.5. The van der Waals surface area contributed by atoms with Crippen LogP contribution in [-0.2, 0) is 9.53 Å². The van der Waals surface area contributed by atoms with Crippen LogP contribution in [-0.4, -0.2) is 39.9 Å². The van der Waals surface area contributed by atoms with Crippen molar-refractivity contribution in [3.63, 3.8) is 0 Å². The van der Waals surface area contributed by atoms with E-state index < -0.39 is 6.04 Å². The van der Waals surface area contributed by atoms with Gasteiger partial charge in [0.05, 0.1) is 26.9 Å². The summed E-state index contributed by atoms with van der Waals surface area (Å²) in [5.74, 6) is 1.10. The van der Waals surface area contributed by atoms with Gasteiger partial charge < -0.3 is 25.3 Å². The predicted octanol–water partition coefficient (Wildman–Crippen LogP) is 1.28. The van der Waals surface area contributed by atoms with Crippen LogP contribution >= 0.6 is 12.4 Å². The largest absolute Gasteiger partial charge is 0.497 e. The molecule has 3 N–H and O–H groups in total. The highest BCUT2D eigenvalue weighted by Crippen LogP contribution is 2.29. The molecule has 0 aromatic heterocycles. The number of benzene rings is 1. The molecule has 1 rings (SSSR count). The average Bonchev–Trinajstić information content (AvgIpc) is 2.46. The number of carbonyl (C=O) groups is 1. The van der Waals surface area contributed by atoms with Crippen molar-refractivity contribution in [1.29, 1.82) is 0 Å². The number of methoxy groups -OCH3 is 3. The van der Waals surface area contributed by atoms with Gasteiger partial charge in [-0.15, -0.1) is 12.4 Å². The average molecular weight is 319 g/mol. The molecule has 0 radical (unpaired) electrons. The number of ether oxygens (including phenoxy) is 3. The first-order chi connectivity index (χ1) is 9.53. The van der Waals surface area contributed by atoms with Crippen LogP contribution in [0.25, 0.3) is 0 Å². The summed E-state index contributed by atoms with van der Waals surface area (Å²) in [4.78, 5) is 11.9. The second kappa shape index (κ2) is 9.44. The van der Waals surface area contributed by atoms with Crippen LogP contribution in [0.4, 0.5) is 0 Å². The van der Waals surface area contributed by atoms with E-state index in [1.807, 2.05) is 13.0 Å². The Bertz CT molecular complexity index is 457. The Balaban J connectivity index is 0.00000400. The SMILES string of the molecule is COCC(N)C(=O)NC(C)c1cc(OC)ccc1OC.Cl. The number of nitrogens with one attached hydrogen (secondary N) is 1. The topological polar surface area (TPSA) is 82.8 Å². The van der Waals surface area contributed by atoms with E-state index in [4.69, 9.17) is 19.9 Å². The molecule has 2 atom stereocenters. The van der Waals surface area contributed by atoms with Crippen molar-refractivity contribution in [2.24, 2.45) is 5.73 Å². The highest BCUT2D eigenvalue weighted by Gasteiger charge is 2.19. The summed E-state index contributed by atoms with van der Waals surface area (Å²) in [6.45, 7) is 2.03. The van der Waals surface area contributed by atoms with E-state index in [2.05, 4.69) is 5.32 Å². The summed E-state index contributed by atoms with van der Waals surface area (Å²) >= 11 is 0. The molecule has 0 saturated carbocycles. The molecule has 1 aromatic carbocycles. The normalized spacial score (nSPS) is 12.8. The van der Waals surface area contributed by atoms with Crippen molar-refractivity contribution in [3.05, 3.63) is 23.8 Å². The molecule has 0 bridgehead atoms. The Morgan fingerprint density at radius 1 is 1.29 bits per heavy atom. The summed E-state index contributed by atoms with van der Waals surface area (Å²) in [7, 11) is 4.67. The van der Waals surface area contributed by atoms with E-state index in [9.17, 15) is 4.79 Å². The molecule has 0 heterocycles. The van der Waals surface area contributed by atoms with Crippen molar-refractivity contribution in [1.82, 2.24) is 5.32 Å². The molecule has 0 aliphatic carbocycles. The predicted molar refractivity (Wildman–Crippen MR) is 83.2 cm³/mol. The first-order valence-electron chi connectivity index (χ1n) is 6.30. The third-order valence-corrected chi connectivity index (χ3v) is 2.95. The molecule has 7 heteroatoms. The fraction of sp³-hybridized carbons (Fsp3) is 0.500. The minimum absolute atomic E-state index is 0. The summed E-state index contributed by atoms with van der Waals surface area (Å²) in [5.41, 5.74) is 6.51. The Kier molecular flexibility index (Phi) is 8.76. The number of hydrogen-bond acceptors (Lipinski definition) is 5. The number of rotatable bonds is 7. The van der Waals surface area contributed by atoms with E-state index in [0.717, 1.165) is 5.56 Å². The van der Waals surface area contributed by atoms with E-state index in [1.54, 1.807) is 26.4 Å². The van der Waals surface area contributed by atoms with E-state index in [-0.39, 0.29) is 31.0 Å². The van der Waals surface area contributed by atoms with Crippen molar-refractivity contribution < 1.29 is 19.0 Å². The van der Waals surface area contributed by atoms with Gasteiger partial charge in [0.2, 0.25) is 5.91 Å². The number of hydrogen-bond donors (Lipinski definition) is 2. The molecule has 120 valence electrons. The monoisotopic (exact) mass is 318 g/mol. The molecular formula is C14H23ClN2O4. The highest BCUT2D eigenvalue weighted by atomic mass is 35.5. The van der Waals surface area contributed by atoms with Crippen LogP contribution in [0.3, 0.4) is 0 Å². The number of amides is 1. The minimum atomic E-state index is -0.695. The Morgan fingerprint density at radius 3 is 2.48 bits per heavy atom. The molecule has 0 aliphatic rings. The highest BCUT2D eigenvalue weighted by molar-refractivity contribution is 5.85. The van der Waals surface area contributed by atoms with Crippen LogP contribution in [0, 0.1) is 0 Å². The van der Waals surface area contributed by atoms with E-state index in [0.29, 0.717) is 11.5 Å². The number of nitrogens with two attached hydrogens (primary N) is 1. The van der Waals surface area contributed by atoms with Gasteiger partial charge in [0.15, 0.2) is 0 Å². The first kappa shape index (κ1) is 19.5. The second-order valence-electron chi connectivity index (χ2n) is 4.40. The fourth-order valence-electron chi connectivity index (χ4n) is 1.83. The zero-order valence-electron chi connectivity index (χ0n) is 12.7. The minimum Gasteiger partial charge on any atom is -0.497 e. The molecule has 1 amide bonds. The van der Waals surface area contributed by atoms with Crippen molar-refractivity contribution in [2.75, 3.05) is 27.9 Å². The maximum atomic E-state index is 11.9. The molecule has 0 fully saturated rings. The van der Waals surface area contributed by atoms with Gasteiger partial charge in [-0.05, 0) is 25.1 Å². The molecule has 21 heavy (non-hydrogen) atoms. The third-order valence-electron chi connectivity index (χ3n) is 2.95. The Hall–Kier alpha value is -1.50. The van der Waals surface area contributed by atoms with Gasteiger partial charge in [-0.3, -0.25) is 4.79 Å². The van der Waals surface area contributed by atoms with Crippen molar-refractivity contribution in [3.8, 4) is 11.5 Å². The number of carbonyl (C=O) groups excluding carboxylic acids is 1. The summed E-state index contributed by atoms with van der Waals surface area (Å²) in [6, 6.07) is 4.47. The van der Waals surface area contributed by atoms with Gasteiger partial charge in [-0.2, -0.15) is 0 Å². The van der Waals surface area contributed by atoms with Crippen molar-refractivity contribution >= 4 is 18.3 Å². The summed E-state index contributed by atoms with van der Waals surface area (Å²) < 4.78 is 15.3. The lowest BCUT2D eigenvalue weighted by Gasteiger charge is -2.20. The maximum absolute atomic E-state index is 11.9. The van der Waals surface area contributed by atoms with Crippen LogP contribution in [0.2, 0.25) is 0 Å². The summed E-state index contributed by atoms with van der Waals surface area (Å²) in [5, 5.41) is 2.83. The zero-order chi connectivity index (χ0) is 15.1. The van der Waals surface area contributed by atoms with E-state index >= 15 is 0 Å². The second-order valence-corrected chi connectivity index (χ2v) is 4.40. The van der Waals surface area contributed by atoms with Gasteiger partial charge in [-0.25, -0.2) is 0 Å². The lowest BCUT2D eigenvalue weighted by atomic mass is 10.1. The maximum Gasteiger partial charge on any atom is 0.239 e. The van der Waals surface area contributed by atoms with Gasteiger partial charge in [-0.1, -0.05) is 0 Å². The van der Waals surface area contributed by atoms with Crippen LogP contribution in [0.1, 0.15) is 18.5 Å². The molecule has 1 aromatic rings.